The summed E-state index contributed by atoms with van der Waals surface area (Å²) in [6.07, 6.45) is 9.10. The molecule has 1 aromatic rings. The first-order chi connectivity index (χ1) is 9.05. The van der Waals surface area contributed by atoms with Gasteiger partial charge in [0.05, 0.1) is 4.90 Å². The third kappa shape index (κ3) is 6.21. The molecule has 0 saturated heterocycles. The van der Waals surface area contributed by atoms with E-state index in [1.807, 2.05) is 6.07 Å². The van der Waals surface area contributed by atoms with Gasteiger partial charge in [0.2, 0.25) is 0 Å². The van der Waals surface area contributed by atoms with Crippen LogP contribution in [0, 0.1) is 0 Å². The Morgan fingerprint density at radius 2 is 1.53 bits per heavy atom. The fraction of sp³-hybridized carbons (Fsp3) is 0.600. The summed E-state index contributed by atoms with van der Waals surface area (Å²) in [6.45, 7) is 2.20. The van der Waals surface area contributed by atoms with E-state index in [9.17, 15) is 8.42 Å². The lowest BCUT2D eigenvalue weighted by Gasteiger charge is -2.06. The largest absolute Gasteiger partial charge is 0.294 e. The third-order valence-corrected chi connectivity index (χ3v) is 4.25. The molecule has 0 fully saturated rings. The Bertz CT molecular complexity index is 466. The standard InChI is InChI=1S/C15H24O3S/c1-2-3-4-5-6-7-8-11-14-12-9-10-13-15(14)19(16,17)18/h9-10,12-13H,2-8,11H2,1H3,(H,16,17,18). The Labute approximate surface area is 116 Å². The molecule has 1 rings (SSSR count). The molecule has 4 heteroatoms. The molecular weight excluding hydrogens is 260 g/mol. The Morgan fingerprint density at radius 1 is 0.947 bits per heavy atom. The van der Waals surface area contributed by atoms with Crippen molar-refractivity contribution in [2.45, 2.75) is 63.2 Å². The molecule has 3 nitrogen and oxygen atoms in total. The van der Waals surface area contributed by atoms with Gasteiger partial charge in [-0.25, -0.2) is 0 Å². The van der Waals surface area contributed by atoms with E-state index in [0.29, 0.717) is 6.42 Å². The van der Waals surface area contributed by atoms with Gasteiger partial charge in [-0.1, -0.05) is 63.6 Å². The van der Waals surface area contributed by atoms with Gasteiger partial charge in [0.25, 0.3) is 10.1 Å². The molecule has 0 bridgehead atoms. The maximum atomic E-state index is 11.2. The highest BCUT2D eigenvalue weighted by Crippen LogP contribution is 2.18. The average molecular weight is 284 g/mol. The van der Waals surface area contributed by atoms with Crippen molar-refractivity contribution < 1.29 is 13.0 Å². The van der Waals surface area contributed by atoms with E-state index in [2.05, 4.69) is 6.92 Å². The summed E-state index contributed by atoms with van der Waals surface area (Å²) in [4.78, 5) is 0.0565. The maximum absolute atomic E-state index is 11.2. The van der Waals surface area contributed by atoms with Crippen molar-refractivity contribution in [2.24, 2.45) is 0 Å². The Hall–Kier alpha value is -0.870. The van der Waals surface area contributed by atoms with Crippen LogP contribution in [0.25, 0.3) is 0 Å². The monoisotopic (exact) mass is 284 g/mol. The Morgan fingerprint density at radius 3 is 2.16 bits per heavy atom. The van der Waals surface area contributed by atoms with Gasteiger partial charge in [0, 0.05) is 0 Å². The van der Waals surface area contributed by atoms with Gasteiger partial charge in [-0.05, 0) is 24.5 Å². The summed E-state index contributed by atoms with van der Waals surface area (Å²) < 4.78 is 31.6. The fourth-order valence-electron chi connectivity index (χ4n) is 2.23. The third-order valence-electron chi connectivity index (χ3n) is 3.30. The number of unbranched alkanes of at least 4 members (excludes halogenated alkanes) is 6. The minimum Gasteiger partial charge on any atom is -0.282 e. The molecule has 19 heavy (non-hydrogen) atoms. The maximum Gasteiger partial charge on any atom is 0.294 e. The summed E-state index contributed by atoms with van der Waals surface area (Å²) in [7, 11) is -4.09. The second-order valence-electron chi connectivity index (χ2n) is 4.95. The van der Waals surface area contributed by atoms with Crippen molar-refractivity contribution in [2.75, 3.05) is 0 Å². The zero-order valence-corrected chi connectivity index (χ0v) is 12.5. The topological polar surface area (TPSA) is 54.4 Å². The summed E-state index contributed by atoms with van der Waals surface area (Å²) in [5, 5.41) is 0. The lowest BCUT2D eigenvalue weighted by Crippen LogP contribution is -2.03. The number of aryl methyl sites for hydroxylation is 1. The first kappa shape index (κ1) is 16.2. The van der Waals surface area contributed by atoms with E-state index < -0.39 is 10.1 Å². The summed E-state index contributed by atoms with van der Waals surface area (Å²) in [5.41, 5.74) is 0.721. The van der Waals surface area contributed by atoms with E-state index >= 15 is 0 Å². The van der Waals surface area contributed by atoms with Crippen LogP contribution >= 0.6 is 0 Å². The molecule has 1 N–H and O–H groups in total. The van der Waals surface area contributed by atoms with Crippen LogP contribution in [-0.4, -0.2) is 13.0 Å². The van der Waals surface area contributed by atoms with Crippen LogP contribution in [0.1, 0.15) is 57.4 Å². The van der Waals surface area contributed by atoms with Crippen molar-refractivity contribution in [3.05, 3.63) is 29.8 Å². The Kier molecular flexibility index (Phi) is 7.10. The number of hydrogen-bond acceptors (Lipinski definition) is 2. The first-order valence-corrected chi connectivity index (χ1v) is 8.55. The summed E-state index contributed by atoms with van der Waals surface area (Å²) in [6, 6.07) is 6.69. The Balaban J connectivity index is 2.38. The van der Waals surface area contributed by atoms with E-state index in [1.165, 1.54) is 38.2 Å². The molecule has 0 unspecified atom stereocenters. The summed E-state index contributed by atoms with van der Waals surface area (Å²) in [5.74, 6) is 0. The lowest BCUT2D eigenvalue weighted by molar-refractivity contribution is 0.481. The van der Waals surface area contributed by atoms with Gasteiger partial charge in [0.15, 0.2) is 0 Å². The molecule has 0 amide bonds. The van der Waals surface area contributed by atoms with Gasteiger partial charge in [-0.15, -0.1) is 0 Å². The predicted molar refractivity (Wildman–Crippen MR) is 78.0 cm³/mol. The van der Waals surface area contributed by atoms with Gasteiger partial charge in [0.1, 0.15) is 0 Å². The van der Waals surface area contributed by atoms with E-state index in [4.69, 9.17) is 4.55 Å². The van der Waals surface area contributed by atoms with Gasteiger partial charge in [-0.3, -0.25) is 4.55 Å². The molecule has 0 aromatic heterocycles. The molecule has 0 saturated carbocycles. The summed E-state index contributed by atoms with van der Waals surface area (Å²) >= 11 is 0. The highest BCUT2D eigenvalue weighted by molar-refractivity contribution is 7.85. The lowest BCUT2D eigenvalue weighted by atomic mass is 10.0. The van der Waals surface area contributed by atoms with Crippen LogP contribution in [0.4, 0.5) is 0 Å². The van der Waals surface area contributed by atoms with Crippen LogP contribution in [0.3, 0.4) is 0 Å². The zero-order valence-electron chi connectivity index (χ0n) is 11.6. The average Bonchev–Trinajstić information content (AvgIpc) is 2.37. The predicted octanol–water partition coefficient (Wildman–Crippen LogP) is 4.23. The van der Waals surface area contributed by atoms with Crippen LogP contribution in [-0.2, 0) is 16.5 Å². The number of rotatable bonds is 9. The fourth-order valence-corrected chi connectivity index (χ4v) is 2.99. The molecule has 1 aromatic carbocycles. The SMILES string of the molecule is CCCCCCCCCc1ccccc1S(=O)(=O)O. The highest BCUT2D eigenvalue weighted by Gasteiger charge is 2.13. The second kappa shape index (κ2) is 8.33. The van der Waals surface area contributed by atoms with E-state index in [-0.39, 0.29) is 4.90 Å². The second-order valence-corrected chi connectivity index (χ2v) is 6.34. The van der Waals surface area contributed by atoms with Crippen molar-refractivity contribution in [1.29, 1.82) is 0 Å². The molecule has 0 spiro atoms. The molecule has 0 aliphatic rings. The van der Waals surface area contributed by atoms with Crippen LogP contribution in [0.2, 0.25) is 0 Å². The molecule has 0 atom stereocenters. The zero-order chi connectivity index (χ0) is 14.1. The van der Waals surface area contributed by atoms with E-state index in [1.54, 1.807) is 12.1 Å². The first-order valence-electron chi connectivity index (χ1n) is 7.11. The molecular formula is C15H24O3S. The van der Waals surface area contributed by atoms with Crippen LogP contribution in [0.5, 0.6) is 0 Å². The normalized spacial score (nSPS) is 11.7. The molecule has 0 heterocycles. The van der Waals surface area contributed by atoms with Crippen molar-refractivity contribution in [1.82, 2.24) is 0 Å². The van der Waals surface area contributed by atoms with Gasteiger partial charge >= 0.3 is 0 Å². The smallest absolute Gasteiger partial charge is 0.282 e. The van der Waals surface area contributed by atoms with Crippen molar-refractivity contribution >= 4 is 10.1 Å². The minimum absolute atomic E-state index is 0.0565. The molecule has 0 radical (unpaired) electrons. The molecule has 0 aliphatic carbocycles. The number of hydrogen-bond donors (Lipinski definition) is 1. The number of benzene rings is 1. The molecule has 0 aliphatic heterocycles. The quantitative estimate of drug-likeness (QED) is 0.545. The molecule has 108 valence electrons. The van der Waals surface area contributed by atoms with Crippen LogP contribution < -0.4 is 0 Å². The minimum atomic E-state index is -4.09. The van der Waals surface area contributed by atoms with Crippen molar-refractivity contribution in [3.63, 3.8) is 0 Å². The van der Waals surface area contributed by atoms with Gasteiger partial charge < -0.3 is 0 Å². The van der Waals surface area contributed by atoms with Crippen molar-refractivity contribution in [3.8, 4) is 0 Å². The van der Waals surface area contributed by atoms with Gasteiger partial charge in [-0.2, -0.15) is 8.42 Å². The van der Waals surface area contributed by atoms with Crippen LogP contribution in [0.15, 0.2) is 29.2 Å². The van der Waals surface area contributed by atoms with E-state index in [0.717, 1.165) is 18.4 Å². The highest BCUT2D eigenvalue weighted by atomic mass is 32.2.